The molecule has 0 bridgehead atoms. The van der Waals surface area contributed by atoms with E-state index in [-0.39, 0.29) is 36.2 Å². The van der Waals surface area contributed by atoms with E-state index in [1.807, 2.05) is 6.07 Å². The van der Waals surface area contributed by atoms with Gasteiger partial charge in [0.15, 0.2) is 11.5 Å². The Hall–Kier alpha value is -3.52. The largest absolute Gasteiger partial charge is 0.372 e. The van der Waals surface area contributed by atoms with Crippen molar-refractivity contribution in [2.24, 2.45) is 5.92 Å². The van der Waals surface area contributed by atoms with E-state index in [0.29, 0.717) is 23.4 Å². The fourth-order valence-electron chi connectivity index (χ4n) is 2.96. The van der Waals surface area contributed by atoms with Gasteiger partial charge in [-0.2, -0.15) is 5.26 Å². The summed E-state index contributed by atoms with van der Waals surface area (Å²) in [5.41, 5.74) is 1.30. The number of anilines is 2. The van der Waals surface area contributed by atoms with E-state index in [2.05, 4.69) is 30.9 Å². The number of rotatable bonds is 9. The van der Waals surface area contributed by atoms with Crippen LogP contribution in [0.4, 0.5) is 20.3 Å². The van der Waals surface area contributed by atoms with Crippen LogP contribution >= 0.6 is 0 Å². The van der Waals surface area contributed by atoms with E-state index in [4.69, 9.17) is 0 Å². The number of pyridine rings is 1. The highest BCUT2D eigenvalue weighted by Gasteiger charge is 2.56. The predicted octanol–water partition coefficient (Wildman–Crippen LogP) is 1.74. The highest BCUT2D eigenvalue weighted by atomic mass is 19.3. The van der Waals surface area contributed by atoms with Gasteiger partial charge in [0.25, 0.3) is 5.92 Å². The summed E-state index contributed by atoms with van der Waals surface area (Å²) in [6, 6.07) is 1.75. The first-order chi connectivity index (χ1) is 14.9. The molecule has 11 heteroatoms. The number of carbonyl (C=O) groups excluding carboxylic acids is 2. The Morgan fingerprint density at radius 3 is 2.65 bits per heavy atom. The van der Waals surface area contributed by atoms with Crippen molar-refractivity contribution in [2.75, 3.05) is 17.2 Å². The number of halogens is 2. The highest BCUT2D eigenvalue weighted by molar-refractivity contribution is 5.93. The summed E-state index contributed by atoms with van der Waals surface area (Å²) in [6.45, 7) is -0.0198. The molecule has 0 radical (unpaired) electrons. The molecule has 0 saturated heterocycles. The number of nitrogens with zero attached hydrogens (tertiary/aromatic N) is 4. The van der Waals surface area contributed by atoms with E-state index in [0.717, 1.165) is 12.8 Å². The summed E-state index contributed by atoms with van der Waals surface area (Å²) in [6.07, 6.45) is 6.41. The molecule has 0 spiro atoms. The Morgan fingerprint density at radius 1 is 1.29 bits per heavy atom. The number of amides is 1. The summed E-state index contributed by atoms with van der Waals surface area (Å²) in [5, 5.41) is 17.5. The average molecular weight is 427 g/mol. The van der Waals surface area contributed by atoms with Crippen LogP contribution in [0.5, 0.6) is 0 Å². The number of hydrogen-bond acceptors (Lipinski definition) is 8. The first-order valence-electron chi connectivity index (χ1n) is 9.76. The quantitative estimate of drug-likeness (QED) is 0.516. The Morgan fingerprint density at radius 2 is 2.06 bits per heavy atom. The third kappa shape index (κ3) is 4.97. The predicted molar refractivity (Wildman–Crippen MR) is 106 cm³/mol. The van der Waals surface area contributed by atoms with E-state index in [9.17, 15) is 23.6 Å². The molecule has 2 aliphatic rings. The molecule has 2 fully saturated rings. The van der Waals surface area contributed by atoms with Crippen molar-refractivity contribution in [1.82, 2.24) is 20.3 Å². The van der Waals surface area contributed by atoms with Crippen LogP contribution in [0.15, 0.2) is 24.7 Å². The Bertz CT molecular complexity index is 1030. The minimum absolute atomic E-state index is 0.0198. The highest BCUT2D eigenvalue weighted by Crippen LogP contribution is 2.41. The lowest BCUT2D eigenvalue weighted by atomic mass is 10.1. The van der Waals surface area contributed by atoms with Crippen molar-refractivity contribution in [1.29, 1.82) is 5.26 Å². The number of carbonyl (C=O) groups is 2. The zero-order valence-electron chi connectivity index (χ0n) is 16.3. The number of aldehydes is 1. The average Bonchev–Trinajstić information content (AvgIpc) is 3.69. The normalized spacial score (nSPS) is 19.7. The molecule has 2 heterocycles. The molecule has 2 atom stereocenters. The van der Waals surface area contributed by atoms with Gasteiger partial charge in [-0.1, -0.05) is 0 Å². The molecule has 0 aromatic carbocycles. The Balaban J connectivity index is 1.45. The lowest BCUT2D eigenvalue weighted by molar-refractivity contribution is -0.117. The molecule has 2 aromatic heterocycles. The maximum absolute atomic E-state index is 13.0. The summed E-state index contributed by atoms with van der Waals surface area (Å²) < 4.78 is 26.0. The van der Waals surface area contributed by atoms with Crippen molar-refractivity contribution in [3.8, 4) is 17.3 Å². The van der Waals surface area contributed by atoms with Gasteiger partial charge in [-0.3, -0.25) is 9.78 Å². The van der Waals surface area contributed by atoms with Crippen LogP contribution in [0, 0.1) is 17.2 Å². The second kappa shape index (κ2) is 8.31. The fourth-order valence-corrected chi connectivity index (χ4v) is 2.96. The van der Waals surface area contributed by atoms with Gasteiger partial charge >= 0.3 is 0 Å². The summed E-state index contributed by atoms with van der Waals surface area (Å²) in [5.74, 6) is -2.43. The molecule has 31 heavy (non-hydrogen) atoms. The SMILES string of the molecule is N#Cc1ncc(-c2cnc(NC(=O)C3CC3)cn2)cc1NC(C=O)CNC1CC1(F)F. The van der Waals surface area contributed by atoms with Gasteiger partial charge in [0, 0.05) is 30.6 Å². The molecule has 160 valence electrons. The molecular formula is C20H19F2N7O2. The number of alkyl halides is 2. The molecule has 2 aliphatic carbocycles. The number of nitrogens with one attached hydrogen (secondary N) is 3. The molecule has 4 rings (SSSR count). The van der Waals surface area contributed by atoms with Crippen LogP contribution in [0.1, 0.15) is 25.0 Å². The molecule has 2 saturated carbocycles. The first-order valence-corrected chi connectivity index (χ1v) is 9.76. The summed E-state index contributed by atoms with van der Waals surface area (Å²) in [7, 11) is 0. The van der Waals surface area contributed by atoms with Crippen LogP contribution < -0.4 is 16.0 Å². The van der Waals surface area contributed by atoms with E-state index < -0.39 is 18.0 Å². The van der Waals surface area contributed by atoms with Gasteiger partial charge in [0.05, 0.1) is 35.9 Å². The second-order valence-corrected chi connectivity index (χ2v) is 7.60. The molecule has 1 amide bonds. The van der Waals surface area contributed by atoms with Gasteiger partial charge in [0.2, 0.25) is 5.91 Å². The zero-order valence-corrected chi connectivity index (χ0v) is 16.3. The van der Waals surface area contributed by atoms with Crippen molar-refractivity contribution >= 4 is 23.7 Å². The maximum atomic E-state index is 13.0. The van der Waals surface area contributed by atoms with Crippen LogP contribution in [0.3, 0.4) is 0 Å². The molecule has 9 nitrogen and oxygen atoms in total. The smallest absolute Gasteiger partial charge is 0.265 e. The number of aromatic nitrogens is 3. The first kappa shape index (κ1) is 20.7. The van der Waals surface area contributed by atoms with Crippen molar-refractivity contribution in [2.45, 2.75) is 37.3 Å². The Kier molecular flexibility index (Phi) is 5.56. The number of hydrogen-bond donors (Lipinski definition) is 3. The molecule has 0 aliphatic heterocycles. The van der Waals surface area contributed by atoms with Crippen LogP contribution in [-0.4, -0.2) is 51.7 Å². The minimum Gasteiger partial charge on any atom is -0.372 e. The number of nitriles is 1. The standard InChI is InChI=1S/C20H19F2N7O2/c21-20(22)4-17(20)26-7-13(10-30)28-14-3-12(6-24-15(14)5-23)16-8-27-18(9-25-16)29-19(31)11-1-2-11/h3,6,8-11,13,17,26,28H,1-2,4,7H2,(H,27,29,31). The summed E-state index contributed by atoms with van der Waals surface area (Å²) >= 11 is 0. The third-order valence-corrected chi connectivity index (χ3v) is 5.06. The second-order valence-electron chi connectivity index (χ2n) is 7.60. The lowest BCUT2D eigenvalue weighted by Gasteiger charge is -2.16. The van der Waals surface area contributed by atoms with E-state index in [1.165, 1.54) is 18.6 Å². The molecular weight excluding hydrogens is 408 g/mol. The van der Waals surface area contributed by atoms with Gasteiger partial charge < -0.3 is 20.7 Å². The minimum atomic E-state index is -2.74. The van der Waals surface area contributed by atoms with Crippen LogP contribution in [0.2, 0.25) is 0 Å². The zero-order chi connectivity index (χ0) is 22.0. The maximum Gasteiger partial charge on any atom is 0.265 e. The third-order valence-electron chi connectivity index (χ3n) is 5.06. The van der Waals surface area contributed by atoms with E-state index in [1.54, 1.807) is 6.07 Å². The van der Waals surface area contributed by atoms with Crippen molar-refractivity contribution in [3.63, 3.8) is 0 Å². The van der Waals surface area contributed by atoms with Gasteiger partial charge in [0.1, 0.15) is 12.4 Å². The topological polar surface area (TPSA) is 133 Å². The van der Waals surface area contributed by atoms with Crippen molar-refractivity contribution in [3.05, 3.63) is 30.4 Å². The van der Waals surface area contributed by atoms with Gasteiger partial charge in [-0.25, -0.2) is 18.7 Å². The molecule has 2 aromatic rings. The lowest BCUT2D eigenvalue weighted by Crippen LogP contribution is -2.37. The Labute approximate surface area is 176 Å². The summed E-state index contributed by atoms with van der Waals surface area (Å²) in [4.78, 5) is 35.7. The van der Waals surface area contributed by atoms with Gasteiger partial charge in [-0.05, 0) is 18.9 Å². The molecule has 2 unspecified atom stereocenters. The van der Waals surface area contributed by atoms with Crippen LogP contribution in [0.25, 0.3) is 11.3 Å². The van der Waals surface area contributed by atoms with Crippen molar-refractivity contribution < 1.29 is 18.4 Å². The fraction of sp³-hybridized carbons (Fsp3) is 0.400. The monoisotopic (exact) mass is 427 g/mol. The van der Waals surface area contributed by atoms with Crippen LogP contribution in [-0.2, 0) is 9.59 Å². The molecule has 3 N–H and O–H groups in total. The van der Waals surface area contributed by atoms with E-state index >= 15 is 0 Å². The van der Waals surface area contributed by atoms with Gasteiger partial charge in [-0.15, -0.1) is 0 Å².